The minimum Gasteiger partial charge on any atom is -0.454 e. The molecule has 1 aromatic heterocycles. The number of carbonyl (C=O) groups is 1. The minimum atomic E-state index is -0.126. The summed E-state index contributed by atoms with van der Waals surface area (Å²) in [7, 11) is 0. The lowest BCUT2D eigenvalue weighted by Crippen LogP contribution is -2.46. The summed E-state index contributed by atoms with van der Waals surface area (Å²) < 4.78 is 10.8. The van der Waals surface area contributed by atoms with Crippen molar-refractivity contribution in [2.45, 2.75) is 32.9 Å². The number of hydrogen-bond acceptors (Lipinski definition) is 7. The summed E-state index contributed by atoms with van der Waals surface area (Å²) in [5.41, 5.74) is 1.71. The van der Waals surface area contributed by atoms with Crippen molar-refractivity contribution in [3.63, 3.8) is 0 Å². The van der Waals surface area contributed by atoms with Crippen molar-refractivity contribution in [1.82, 2.24) is 20.2 Å². The van der Waals surface area contributed by atoms with E-state index >= 15 is 0 Å². The van der Waals surface area contributed by atoms with Crippen molar-refractivity contribution >= 4 is 11.9 Å². The Labute approximate surface area is 170 Å². The molecule has 1 unspecified atom stereocenters. The van der Waals surface area contributed by atoms with Crippen LogP contribution in [-0.2, 0) is 6.54 Å². The zero-order valence-corrected chi connectivity index (χ0v) is 16.9. The third-order valence-corrected chi connectivity index (χ3v) is 5.39. The largest absolute Gasteiger partial charge is 0.454 e. The Balaban J connectivity index is 1.29. The SMILES string of the molecule is CCC(C)NC(=O)c1cnc(N2CCN(Cc3ccc4c(c3)OCO4)CC2)nc1. The van der Waals surface area contributed by atoms with Crippen molar-refractivity contribution in [3.8, 4) is 11.5 Å². The number of anilines is 1. The first-order chi connectivity index (χ1) is 14.1. The molecule has 1 N–H and O–H groups in total. The number of nitrogens with one attached hydrogen (secondary N) is 1. The topological polar surface area (TPSA) is 79.8 Å². The van der Waals surface area contributed by atoms with E-state index in [9.17, 15) is 4.79 Å². The molecule has 2 aromatic rings. The third-order valence-electron chi connectivity index (χ3n) is 5.39. The molecule has 1 saturated heterocycles. The molecule has 1 fully saturated rings. The summed E-state index contributed by atoms with van der Waals surface area (Å²) in [6.45, 7) is 8.75. The van der Waals surface area contributed by atoms with E-state index in [0.717, 1.165) is 50.6 Å². The zero-order valence-electron chi connectivity index (χ0n) is 16.9. The number of nitrogens with zero attached hydrogens (tertiary/aromatic N) is 4. The number of carbonyl (C=O) groups excluding carboxylic acids is 1. The maximum absolute atomic E-state index is 12.2. The van der Waals surface area contributed by atoms with Gasteiger partial charge in [0.2, 0.25) is 12.7 Å². The van der Waals surface area contributed by atoms with Crippen LogP contribution in [0.2, 0.25) is 0 Å². The smallest absolute Gasteiger partial charge is 0.254 e. The molecule has 2 aliphatic rings. The van der Waals surface area contributed by atoms with E-state index in [2.05, 4.69) is 37.2 Å². The number of piperazine rings is 1. The highest BCUT2D eigenvalue weighted by molar-refractivity contribution is 5.93. The van der Waals surface area contributed by atoms with E-state index in [1.807, 2.05) is 19.9 Å². The fourth-order valence-corrected chi connectivity index (χ4v) is 3.41. The number of hydrogen-bond donors (Lipinski definition) is 1. The van der Waals surface area contributed by atoms with Crippen molar-refractivity contribution in [3.05, 3.63) is 41.7 Å². The van der Waals surface area contributed by atoms with Gasteiger partial charge >= 0.3 is 0 Å². The molecule has 1 atom stereocenters. The first-order valence-electron chi connectivity index (χ1n) is 10.1. The highest BCUT2D eigenvalue weighted by atomic mass is 16.7. The van der Waals surface area contributed by atoms with Gasteiger partial charge in [0.1, 0.15) is 0 Å². The standard InChI is InChI=1S/C21H27N5O3/c1-3-15(2)24-20(27)17-11-22-21(23-12-17)26-8-6-25(7-9-26)13-16-4-5-18-19(10-16)29-14-28-18/h4-5,10-12,15H,3,6-9,13-14H2,1-2H3,(H,24,27). The first-order valence-corrected chi connectivity index (χ1v) is 10.1. The molecule has 1 aromatic carbocycles. The second-order valence-electron chi connectivity index (χ2n) is 7.51. The van der Waals surface area contributed by atoms with Crippen LogP contribution < -0.4 is 19.7 Å². The average molecular weight is 397 g/mol. The molecule has 8 heteroatoms. The molecule has 2 aliphatic heterocycles. The number of ether oxygens (including phenoxy) is 2. The van der Waals surface area contributed by atoms with E-state index in [-0.39, 0.29) is 11.9 Å². The van der Waals surface area contributed by atoms with E-state index < -0.39 is 0 Å². The van der Waals surface area contributed by atoms with Gasteiger partial charge in [0.05, 0.1) is 5.56 Å². The second-order valence-corrected chi connectivity index (χ2v) is 7.51. The van der Waals surface area contributed by atoms with Gasteiger partial charge in [-0.1, -0.05) is 13.0 Å². The van der Waals surface area contributed by atoms with Crippen molar-refractivity contribution < 1.29 is 14.3 Å². The Morgan fingerprint density at radius 1 is 1.14 bits per heavy atom. The fourth-order valence-electron chi connectivity index (χ4n) is 3.41. The monoisotopic (exact) mass is 397 g/mol. The molecule has 0 radical (unpaired) electrons. The van der Waals surface area contributed by atoms with Gasteiger partial charge in [0, 0.05) is 51.2 Å². The van der Waals surface area contributed by atoms with Gasteiger partial charge in [0.25, 0.3) is 5.91 Å². The Kier molecular flexibility index (Phi) is 5.80. The maximum atomic E-state index is 12.2. The second kappa shape index (κ2) is 8.65. The normalized spacial score (nSPS) is 17.2. The molecule has 0 aliphatic carbocycles. The summed E-state index contributed by atoms with van der Waals surface area (Å²) in [6.07, 6.45) is 4.11. The number of fused-ring (bicyclic) bond motifs is 1. The molecular weight excluding hydrogens is 370 g/mol. The molecule has 3 heterocycles. The van der Waals surface area contributed by atoms with Gasteiger partial charge in [0.15, 0.2) is 11.5 Å². The predicted octanol–water partition coefficient (Wildman–Crippen LogP) is 2.06. The van der Waals surface area contributed by atoms with Crippen molar-refractivity contribution in [1.29, 1.82) is 0 Å². The molecule has 29 heavy (non-hydrogen) atoms. The lowest BCUT2D eigenvalue weighted by atomic mass is 10.1. The van der Waals surface area contributed by atoms with Crippen molar-refractivity contribution in [2.75, 3.05) is 37.9 Å². The van der Waals surface area contributed by atoms with E-state index in [0.29, 0.717) is 18.3 Å². The number of amides is 1. The average Bonchev–Trinajstić information content (AvgIpc) is 3.22. The number of aromatic nitrogens is 2. The molecule has 1 amide bonds. The van der Waals surface area contributed by atoms with Gasteiger partial charge in [-0.05, 0) is 31.0 Å². The highest BCUT2D eigenvalue weighted by Gasteiger charge is 2.21. The van der Waals surface area contributed by atoms with Gasteiger partial charge in [-0.15, -0.1) is 0 Å². The molecule has 0 bridgehead atoms. The highest BCUT2D eigenvalue weighted by Crippen LogP contribution is 2.32. The minimum absolute atomic E-state index is 0.126. The van der Waals surface area contributed by atoms with Crippen molar-refractivity contribution in [2.24, 2.45) is 0 Å². The van der Waals surface area contributed by atoms with E-state index in [1.165, 1.54) is 5.56 Å². The Hall–Kier alpha value is -2.87. The lowest BCUT2D eigenvalue weighted by Gasteiger charge is -2.34. The van der Waals surface area contributed by atoms with Crippen LogP contribution in [0.1, 0.15) is 36.2 Å². The molecule has 0 spiro atoms. The maximum Gasteiger partial charge on any atom is 0.254 e. The third kappa shape index (κ3) is 4.59. The molecule has 0 saturated carbocycles. The van der Waals surface area contributed by atoms with Gasteiger partial charge in [-0.2, -0.15) is 0 Å². The summed E-state index contributed by atoms with van der Waals surface area (Å²) in [6, 6.07) is 6.26. The molecule has 154 valence electrons. The van der Waals surface area contributed by atoms with Crippen LogP contribution in [0.3, 0.4) is 0 Å². The fraction of sp³-hybridized carbons (Fsp3) is 0.476. The van der Waals surface area contributed by atoms with Crippen LogP contribution in [0.25, 0.3) is 0 Å². The number of benzene rings is 1. The summed E-state index contributed by atoms with van der Waals surface area (Å²) >= 11 is 0. The molecular formula is C21H27N5O3. The van der Waals surface area contributed by atoms with Gasteiger partial charge in [-0.25, -0.2) is 9.97 Å². The van der Waals surface area contributed by atoms with E-state index in [1.54, 1.807) is 12.4 Å². The molecule has 8 nitrogen and oxygen atoms in total. The van der Waals surface area contributed by atoms with Gasteiger partial charge in [-0.3, -0.25) is 9.69 Å². The zero-order chi connectivity index (χ0) is 20.2. The molecule has 4 rings (SSSR count). The van der Waals surface area contributed by atoms with Crippen LogP contribution >= 0.6 is 0 Å². The van der Waals surface area contributed by atoms with Crippen LogP contribution in [0.15, 0.2) is 30.6 Å². The quantitative estimate of drug-likeness (QED) is 0.799. The predicted molar refractivity (Wildman–Crippen MR) is 109 cm³/mol. The Bertz CT molecular complexity index is 850. The van der Waals surface area contributed by atoms with Crippen LogP contribution in [-0.4, -0.2) is 59.8 Å². The van der Waals surface area contributed by atoms with Crippen LogP contribution in [0.5, 0.6) is 11.5 Å². The summed E-state index contributed by atoms with van der Waals surface area (Å²) in [4.78, 5) is 25.5. The number of rotatable bonds is 6. The van der Waals surface area contributed by atoms with Crippen LogP contribution in [0, 0.1) is 0 Å². The van der Waals surface area contributed by atoms with Crippen LogP contribution in [0.4, 0.5) is 5.95 Å². The van der Waals surface area contributed by atoms with E-state index in [4.69, 9.17) is 9.47 Å². The first kappa shape index (κ1) is 19.4. The summed E-state index contributed by atoms with van der Waals surface area (Å²) in [5, 5.41) is 2.93. The lowest BCUT2D eigenvalue weighted by molar-refractivity contribution is 0.0938. The Morgan fingerprint density at radius 3 is 2.59 bits per heavy atom. The van der Waals surface area contributed by atoms with Gasteiger partial charge < -0.3 is 19.7 Å². The Morgan fingerprint density at radius 2 is 1.86 bits per heavy atom. The summed E-state index contributed by atoms with van der Waals surface area (Å²) in [5.74, 6) is 2.19.